The molecule has 0 saturated heterocycles. The van der Waals surface area contributed by atoms with Gasteiger partial charge in [0.1, 0.15) is 0 Å². The van der Waals surface area contributed by atoms with E-state index in [2.05, 4.69) is 27.3 Å². The summed E-state index contributed by atoms with van der Waals surface area (Å²) in [6.07, 6.45) is 0.224. The van der Waals surface area contributed by atoms with Crippen molar-refractivity contribution in [2.75, 3.05) is 7.11 Å². The van der Waals surface area contributed by atoms with Crippen LogP contribution < -0.4 is 0 Å². The molecule has 0 atom stereocenters. The average molecular weight is 301 g/mol. The largest absolute Gasteiger partial charge is 0.465 e. The molecule has 0 amide bonds. The maximum atomic E-state index is 11.3. The molecule has 0 aromatic heterocycles. The Balaban J connectivity index is 3.16. The zero-order chi connectivity index (χ0) is 10.6. The lowest BCUT2D eigenvalue weighted by molar-refractivity contribution is 0.0599. The minimum atomic E-state index is -0.395. The molecule has 1 aromatic rings. The van der Waals surface area contributed by atoms with Crippen molar-refractivity contribution in [1.82, 2.24) is 0 Å². The second kappa shape index (κ2) is 4.96. The number of hydrogen-bond donors (Lipinski definition) is 0. The minimum absolute atomic E-state index is 0.224. The molecule has 0 fully saturated rings. The van der Waals surface area contributed by atoms with E-state index in [1.165, 1.54) is 7.11 Å². The normalized spacial score (nSPS) is 9.21. The van der Waals surface area contributed by atoms with E-state index in [9.17, 15) is 4.79 Å². The van der Waals surface area contributed by atoms with E-state index in [4.69, 9.17) is 5.26 Å². The highest BCUT2D eigenvalue weighted by molar-refractivity contribution is 14.1. The first-order valence-electron chi connectivity index (χ1n) is 3.92. The highest BCUT2D eigenvalue weighted by Crippen LogP contribution is 2.15. The van der Waals surface area contributed by atoms with Crippen LogP contribution in [0.15, 0.2) is 18.2 Å². The van der Waals surface area contributed by atoms with Gasteiger partial charge in [-0.05, 0) is 40.3 Å². The van der Waals surface area contributed by atoms with Crippen LogP contribution in [0.5, 0.6) is 0 Å². The number of nitrogens with zero attached hydrogens (tertiary/aromatic N) is 1. The quantitative estimate of drug-likeness (QED) is 0.621. The van der Waals surface area contributed by atoms with Gasteiger partial charge in [-0.25, -0.2) is 4.79 Å². The van der Waals surface area contributed by atoms with E-state index in [0.29, 0.717) is 11.1 Å². The molecular formula is C10H8INO2. The van der Waals surface area contributed by atoms with Crippen molar-refractivity contribution in [1.29, 1.82) is 5.26 Å². The molecule has 0 aliphatic heterocycles. The van der Waals surface area contributed by atoms with Crippen molar-refractivity contribution in [2.45, 2.75) is 6.42 Å². The maximum Gasteiger partial charge on any atom is 0.338 e. The number of nitriles is 1. The summed E-state index contributed by atoms with van der Waals surface area (Å²) in [5, 5.41) is 8.56. The number of methoxy groups -OCH3 is 1. The van der Waals surface area contributed by atoms with E-state index in [0.717, 1.165) is 3.57 Å². The molecule has 0 aliphatic rings. The Hall–Kier alpha value is -1.09. The molecule has 0 radical (unpaired) electrons. The molecule has 4 heteroatoms. The predicted molar refractivity (Wildman–Crippen MR) is 59.8 cm³/mol. The highest BCUT2D eigenvalue weighted by Gasteiger charge is 2.11. The predicted octanol–water partition coefficient (Wildman–Crippen LogP) is 2.14. The van der Waals surface area contributed by atoms with Crippen molar-refractivity contribution in [2.24, 2.45) is 0 Å². The molecular weight excluding hydrogens is 293 g/mol. The van der Waals surface area contributed by atoms with E-state index >= 15 is 0 Å². The van der Waals surface area contributed by atoms with Gasteiger partial charge in [0, 0.05) is 3.57 Å². The number of hydrogen-bond acceptors (Lipinski definition) is 3. The highest BCUT2D eigenvalue weighted by atomic mass is 127. The molecule has 72 valence electrons. The number of ether oxygens (including phenoxy) is 1. The topological polar surface area (TPSA) is 50.1 Å². The van der Waals surface area contributed by atoms with E-state index in [-0.39, 0.29) is 6.42 Å². The Bertz CT molecular complexity index is 396. The summed E-state index contributed by atoms with van der Waals surface area (Å²) in [6, 6.07) is 7.37. The van der Waals surface area contributed by atoms with E-state index in [1.807, 2.05) is 12.1 Å². The van der Waals surface area contributed by atoms with Gasteiger partial charge in [0.05, 0.1) is 25.2 Å². The average Bonchev–Trinajstić information content (AvgIpc) is 2.20. The Morgan fingerprint density at radius 3 is 2.93 bits per heavy atom. The van der Waals surface area contributed by atoms with Crippen molar-refractivity contribution in [3.63, 3.8) is 0 Å². The van der Waals surface area contributed by atoms with Crippen LogP contribution in [0.3, 0.4) is 0 Å². The molecule has 0 unspecified atom stereocenters. The van der Waals surface area contributed by atoms with Crippen LogP contribution in [-0.4, -0.2) is 13.1 Å². The molecule has 0 heterocycles. The van der Waals surface area contributed by atoms with Gasteiger partial charge < -0.3 is 4.74 Å². The van der Waals surface area contributed by atoms with Crippen molar-refractivity contribution >= 4 is 28.6 Å². The first-order valence-corrected chi connectivity index (χ1v) is 5.00. The number of esters is 1. The molecule has 0 N–H and O–H groups in total. The van der Waals surface area contributed by atoms with Crippen molar-refractivity contribution in [3.05, 3.63) is 32.9 Å². The number of benzene rings is 1. The Labute approximate surface area is 95.8 Å². The molecule has 1 aromatic carbocycles. The molecule has 0 spiro atoms. The van der Waals surface area contributed by atoms with Gasteiger partial charge >= 0.3 is 5.97 Å². The van der Waals surface area contributed by atoms with Gasteiger partial charge in [0.25, 0.3) is 0 Å². The van der Waals surface area contributed by atoms with Gasteiger partial charge in [0.15, 0.2) is 0 Å². The number of carbonyl (C=O) groups is 1. The fourth-order valence-electron chi connectivity index (χ4n) is 1.09. The summed E-state index contributed by atoms with van der Waals surface area (Å²) >= 11 is 2.11. The first-order chi connectivity index (χ1) is 6.69. The Morgan fingerprint density at radius 1 is 1.64 bits per heavy atom. The standard InChI is InChI=1S/C10H8INO2/c1-14-10(13)9-6-8(11)3-2-7(9)4-5-12/h2-3,6H,4H2,1H3. The first kappa shape index (κ1) is 11.0. The molecule has 0 bridgehead atoms. The van der Waals surface area contributed by atoms with Crippen LogP contribution >= 0.6 is 22.6 Å². The maximum absolute atomic E-state index is 11.3. The van der Waals surface area contributed by atoms with Gasteiger partial charge in [0.2, 0.25) is 0 Å². The van der Waals surface area contributed by atoms with Crippen LogP contribution in [0.25, 0.3) is 0 Å². The molecule has 1 rings (SSSR count). The molecule has 0 aliphatic carbocycles. The summed E-state index contributed by atoms with van der Waals surface area (Å²) in [5.74, 6) is -0.395. The molecule has 3 nitrogen and oxygen atoms in total. The van der Waals surface area contributed by atoms with Crippen LogP contribution in [0.2, 0.25) is 0 Å². The van der Waals surface area contributed by atoms with E-state index < -0.39 is 5.97 Å². The lowest BCUT2D eigenvalue weighted by Gasteiger charge is -2.04. The number of carbonyl (C=O) groups excluding carboxylic acids is 1. The van der Waals surface area contributed by atoms with Gasteiger partial charge in [-0.15, -0.1) is 0 Å². The van der Waals surface area contributed by atoms with Crippen LogP contribution in [0, 0.1) is 14.9 Å². The van der Waals surface area contributed by atoms with Crippen molar-refractivity contribution in [3.8, 4) is 6.07 Å². The van der Waals surface area contributed by atoms with Crippen LogP contribution in [0.1, 0.15) is 15.9 Å². The third-order valence-electron chi connectivity index (χ3n) is 1.75. The summed E-state index contributed by atoms with van der Waals surface area (Å²) < 4.78 is 5.58. The molecule has 14 heavy (non-hydrogen) atoms. The third kappa shape index (κ3) is 2.45. The summed E-state index contributed by atoms with van der Waals surface area (Å²) in [5.41, 5.74) is 1.18. The number of halogens is 1. The number of rotatable bonds is 2. The zero-order valence-corrected chi connectivity index (χ0v) is 9.74. The van der Waals surface area contributed by atoms with Crippen LogP contribution in [0.4, 0.5) is 0 Å². The Morgan fingerprint density at radius 2 is 2.36 bits per heavy atom. The summed E-state index contributed by atoms with van der Waals surface area (Å²) in [4.78, 5) is 11.3. The lowest BCUT2D eigenvalue weighted by Crippen LogP contribution is -2.05. The zero-order valence-electron chi connectivity index (χ0n) is 7.58. The fourth-order valence-corrected chi connectivity index (χ4v) is 1.58. The van der Waals surface area contributed by atoms with Gasteiger partial charge in [-0.1, -0.05) is 6.07 Å². The summed E-state index contributed by atoms with van der Waals surface area (Å²) in [7, 11) is 1.33. The smallest absolute Gasteiger partial charge is 0.338 e. The van der Waals surface area contributed by atoms with E-state index in [1.54, 1.807) is 12.1 Å². The Kier molecular flexibility index (Phi) is 3.89. The van der Waals surface area contributed by atoms with Gasteiger partial charge in [-0.2, -0.15) is 5.26 Å². The fraction of sp³-hybridized carbons (Fsp3) is 0.200. The second-order valence-corrected chi connectivity index (χ2v) is 3.87. The third-order valence-corrected chi connectivity index (χ3v) is 2.42. The second-order valence-electron chi connectivity index (χ2n) is 2.63. The molecule has 0 saturated carbocycles. The minimum Gasteiger partial charge on any atom is -0.465 e. The SMILES string of the molecule is COC(=O)c1cc(I)ccc1CC#N. The summed E-state index contributed by atoms with van der Waals surface area (Å²) in [6.45, 7) is 0. The van der Waals surface area contributed by atoms with Gasteiger partial charge in [-0.3, -0.25) is 0 Å². The van der Waals surface area contributed by atoms with Crippen LogP contribution in [-0.2, 0) is 11.2 Å². The van der Waals surface area contributed by atoms with Crippen molar-refractivity contribution < 1.29 is 9.53 Å². The monoisotopic (exact) mass is 301 g/mol. The lowest BCUT2D eigenvalue weighted by atomic mass is 10.1.